The smallest absolute Gasteiger partial charge is 0.251 e. The van der Waals surface area contributed by atoms with Gasteiger partial charge in [0.15, 0.2) is 0 Å². The van der Waals surface area contributed by atoms with E-state index in [1.165, 1.54) is 12.8 Å². The summed E-state index contributed by atoms with van der Waals surface area (Å²) >= 11 is 11.7. The number of hydrogen-bond acceptors (Lipinski definition) is 2. The SMILES string of the molecule is O=C(NCC1CCCCN1)c1ccc(Cl)c(Cl)c1. The first-order valence-corrected chi connectivity index (χ1v) is 6.89. The zero-order chi connectivity index (χ0) is 13.0. The number of nitrogens with one attached hydrogen (secondary N) is 2. The molecule has 2 rings (SSSR count). The molecule has 1 fully saturated rings. The Morgan fingerprint density at radius 3 is 2.83 bits per heavy atom. The van der Waals surface area contributed by atoms with Crippen molar-refractivity contribution in [2.24, 2.45) is 0 Å². The summed E-state index contributed by atoms with van der Waals surface area (Å²) in [4.78, 5) is 11.9. The third-order valence-corrected chi connectivity index (χ3v) is 3.84. The summed E-state index contributed by atoms with van der Waals surface area (Å²) < 4.78 is 0. The highest BCUT2D eigenvalue weighted by Crippen LogP contribution is 2.22. The van der Waals surface area contributed by atoms with Gasteiger partial charge in [-0.15, -0.1) is 0 Å². The van der Waals surface area contributed by atoms with Crippen molar-refractivity contribution in [3.05, 3.63) is 33.8 Å². The van der Waals surface area contributed by atoms with Gasteiger partial charge < -0.3 is 10.6 Å². The lowest BCUT2D eigenvalue weighted by molar-refractivity contribution is 0.0948. The molecule has 1 saturated heterocycles. The molecule has 3 nitrogen and oxygen atoms in total. The Balaban J connectivity index is 1.88. The van der Waals surface area contributed by atoms with E-state index in [2.05, 4.69) is 10.6 Å². The van der Waals surface area contributed by atoms with E-state index in [1.54, 1.807) is 18.2 Å². The molecular formula is C13H16Cl2N2O. The van der Waals surface area contributed by atoms with E-state index < -0.39 is 0 Å². The molecule has 1 aliphatic heterocycles. The van der Waals surface area contributed by atoms with Crippen molar-refractivity contribution in [3.8, 4) is 0 Å². The van der Waals surface area contributed by atoms with Crippen molar-refractivity contribution < 1.29 is 4.79 Å². The van der Waals surface area contributed by atoms with Gasteiger partial charge in [-0.2, -0.15) is 0 Å². The maximum Gasteiger partial charge on any atom is 0.251 e. The van der Waals surface area contributed by atoms with Crippen LogP contribution in [0.3, 0.4) is 0 Å². The first kappa shape index (κ1) is 13.7. The van der Waals surface area contributed by atoms with Gasteiger partial charge in [0, 0.05) is 18.2 Å². The molecule has 2 N–H and O–H groups in total. The largest absolute Gasteiger partial charge is 0.350 e. The number of rotatable bonds is 3. The van der Waals surface area contributed by atoms with Crippen LogP contribution in [0.1, 0.15) is 29.6 Å². The molecule has 0 radical (unpaired) electrons. The minimum absolute atomic E-state index is 0.110. The summed E-state index contributed by atoms with van der Waals surface area (Å²) in [7, 11) is 0. The quantitative estimate of drug-likeness (QED) is 0.897. The predicted octanol–water partition coefficient (Wildman–Crippen LogP) is 2.87. The molecule has 98 valence electrons. The maximum absolute atomic E-state index is 11.9. The summed E-state index contributed by atoms with van der Waals surface area (Å²) in [5.41, 5.74) is 0.542. The van der Waals surface area contributed by atoms with Crippen LogP contribution in [0, 0.1) is 0 Å². The Morgan fingerprint density at radius 2 is 2.17 bits per heavy atom. The van der Waals surface area contributed by atoms with Gasteiger partial charge in [-0.25, -0.2) is 0 Å². The predicted molar refractivity (Wildman–Crippen MR) is 74.4 cm³/mol. The Hall–Kier alpha value is -0.770. The molecule has 0 bridgehead atoms. The van der Waals surface area contributed by atoms with Crippen LogP contribution in [0.15, 0.2) is 18.2 Å². The van der Waals surface area contributed by atoms with Gasteiger partial charge in [-0.05, 0) is 37.6 Å². The minimum Gasteiger partial charge on any atom is -0.350 e. The van der Waals surface area contributed by atoms with Gasteiger partial charge >= 0.3 is 0 Å². The Kier molecular flexibility index (Phi) is 4.87. The van der Waals surface area contributed by atoms with E-state index in [4.69, 9.17) is 23.2 Å². The zero-order valence-corrected chi connectivity index (χ0v) is 11.5. The molecule has 1 amide bonds. The summed E-state index contributed by atoms with van der Waals surface area (Å²) in [5, 5.41) is 7.16. The first-order chi connectivity index (χ1) is 8.66. The van der Waals surface area contributed by atoms with Crippen LogP contribution in [0.4, 0.5) is 0 Å². The zero-order valence-electron chi connectivity index (χ0n) is 10.0. The fourth-order valence-corrected chi connectivity index (χ4v) is 2.35. The lowest BCUT2D eigenvalue weighted by Gasteiger charge is -2.23. The average molecular weight is 287 g/mol. The molecule has 1 unspecified atom stereocenters. The second-order valence-corrected chi connectivity index (χ2v) is 5.30. The molecule has 0 spiro atoms. The summed E-state index contributed by atoms with van der Waals surface area (Å²) in [6, 6.07) is 5.29. The molecule has 1 atom stereocenters. The highest BCUT2D eigenvalue weighted by atomic mass is 35.5. The Morgan fingerprint density at radius 1 is 1.33 bits per heavy atom. The van der Waals surface area contributed by atoms with Crippen molar-refractivity contribution >= 4 is 29.1 Å². The van der Waals surface area contributed by atoms with Crippen LogP contribution in [-0.2, 0) is 0 Å². The van der Waals surface area contributed by atoms with Gasteiger partial charge in [0.2, 0.25) is 0 Å². The second-order valence-electron chi connectivity index (χ2n) is 4.49. The summed E-state index contributed by atoms with van der Waals surface area (Å²) in [5.74, 6) is -0.110. The summed E-state index contributed by atoms with van der Waals surface area (Å²) in [6.45, 7) is 1.69. The standard InChI is InChI=1S/C13H16Cl2N2O/c14-11-5-4-9(7-12(11)15)13(18)17-8-10-3-1-2-6-16-10/h4-5,7,10,16H,1-3,6,8H2,(H,17,18). The number of halogens is 2. The molecule has 18 heavy (non-hydrogen) atoms. The second kappa shape index (κ2) is 6.41. The van der Waals surface area contributed by atoms with E-state index in [1.807, 2.05) is 0 Å². The average Bonchev–Trinajstić information content (AvgIpc) is 2.40. The minimum atomic E-state index is -0.110. The number of hydrogen-bond donors (Lipinski definition) is 2. The molecule has 5 heteroatoms. The van der Waals surface area contributed by atoms with Crippen LogP contribution >= 0.6 is 23.2 Å². The molecular weight excluding hydrogens is 271 g/mol. The van der Waals surface area contributed by atoms with E-state index >= 15 is 0 Å². The first-order valence-electron chi connectivity index (χ1n) is 6.13. The van der Waals surface area contributed by atoms with Crippen molar-refractivity contribution in [3.63, 3.8) is 0 Å². The number of carbonyl (C=O) groups is 1. The number of carbonyl (C=O) groups excluding carboxylic acids is 1. The van der Waals surface area contributed by atoms with E-state index in [0.29, 0.717) is 28.2 Å². The van der Waals surface area contributed by atoms with Gasteiger partial charge in [-0.1, -0.05) is 29.6 Å². The van der Waals surface area contributed by atoms with Gasteiger partial charge in [0.05, 0.1) is 10.0 Å². The Bertz CT molecular complexity index is 431. The van der Waals surface area contributed by atoms with Crippen molar-refractivity contribution in [2.75, 3.05) is 13.1 Å². The van der Waals surface area contributed by atoms with E-state index in [9.17, 15) is 4.79 Å². The normalized spacial score (nSPS) is 19.6. The van der Waals surface area contributed by atoms with Crippen LogP contribution in [0.25, 0.3) is 0 Å². The van der Waals surface area contributed by atoms with Gasteiger partial charge in [-0.3, -0.25) is 4.79 Å². The molecule has 1 aliphatic rings. The summed E-state index contributed by atoms with van der Waals surface area (Å²) in [6.07, 6.45) is 3.55. The molecule has 0 saturated carbocycles. The van der Waals surface area contributed by atoms with Gasteiger partial charge in [0.1, 0.15) is 0 Å². The monoisotopic (exact) mass is 286 g/mol. The van der Waals surface area contributed by atoms with Crippen LogP contribution in [-0.4, -0.2) is 25.0 Å². The van der Waals surface area contributed by atoms with E-state index in [-0.39, 0.29) is 5.91 Å². The lowest BCUT2D eigenvalue weighted by Crippen LogP contribution is -2.43. The highest BCUT2D eigenvalue weighted by molar-refractivity contribution is 6.42. The van der Waals surface area contributed by atoms with E-state index in [0.717, 1.165) is 13.0 Å². The molecule has 0 aliphatic carbocycles. The van der Waals surface area contributed by atoms with Crippen LogP contribution < -0.4 is 10.6 Å². The fourth-order valence-electron chi connectivity index (χ4n) is 2.05. The molecule has 1 heterocycles. The van der Waals surface area contributed by atoms with Crippen LogP contribution in [0.2, 0.25) is 10.0 Å². The van der Waals surface area contributed by atoms with Crippen molar-refractivity contribution in [2.45, 2.75) is 25.3 Å². The fraction of sp³-hybridized carbons (Fsp3) is 0.462. The van der Waals surface area contributed by atoms with Crippen LogP contribution in [0.5, 0.6) is 0 Å². The lowest BCUT2D eigenvalue weighted by atomic mass is 10.1. The van der Waals surface area contributed by atoms with Crippen molar-refractivity contribution in [1.82, 2.24) is 10.6 Å². The van der Waals surface area contributed by atoms with Crippen molar-refractivity contribution in [1.29, 1.82) is 0 Å². The maximum atomic E-state index is 11.9. The molecule has 1 aromatic carbocycles. The molecule has 0 aromatic heterocycles. The third kappa shape index (κ3) is 3.61. The molecule has 1 aromatic rings. The third-order valence-electron chi connectivity index (χ3n) is 3.10. The number of amides is 1. The number of piperidine rings is 1. The Labute approximate surface area is 117 Å². The highest BCUT2D eigenvalue weighted by Gasteiger charge is 2.14. The number of benzene rings is 1. The topological polar surface area (TPSA) is 41.1 Å². The van der Waals surface area contributed by atoms with Gasteiger partial charge in [0.25, 0.3) is 5.91 Å².